The Hall–Kier alpha value is -3.32. The molecule has 3 aromatic rings. The van der Waals surface area contributed by atoms with Gasteiger partial charge in [0, 0.05) is 12.7 Å². The average Bonchev–Trinajstić information content (AvgIpc) is 2.81. The highest BCUT2D eigenvalue weighted by Gasteiger charge is 2.30. The van der Waals surface area contributed by atoms with Crippen molar-refractivity contribution in [3.63, 3.8) is 0 Å². The molecule has 0 aliphatic heterocycles. The van der Waals surface area contributed by atoms with Gasteiger partial charge in [-0.2, -0.15) is 0 Å². The van der Waals surface area contributed by atoms with Gasteiger partial charge in [-0.15, -0.1) is 0 Å². The van der Waals surface area contributed by atoms with Crippen LogP contribution in [0.15, 0.2) is 53.4 Å². The highest BCUT2D eigenvalue weighted by atomic mass is 32.2. The lowest BCUT2D eigenvalue weighted by atomic mass is 9.95. The molecule has 0 radical (unpaired) electrons. The first-order chi connectivity index (χ1) is 15.5. The van der Waals surface area contributed by atoms with Gasteiger partial charge in [0.2, 0.25) is 0 Å². The normalized spacial score (nSPS) is 11.2. The van der Waals surface area contributed by atoms with Crippen molar-refractivity contribution < 1.29 is 17.9 Å². The van der Waals surface area contributed by atoms with E-state index in [9.17, 15) is 13.2 Å². The summed E-state index contributed by atoms with van der Waals surface area (Å²) in [6.45, 7) is 9.54. The minimum atomic E-state index is -3.92. The number of hydrogen-bond acceptors (Lipinski definition) is 4. The molecule has 0 atom stereocenters. The average molecular weight is 467 g/mol. The molecule has 1 N–H and O–H groups in total. The number of benzene rings is 3. The fourth-order valence-corrected chi connectivity index (χ4v) is 5.70. The van der Waals surface area contributed by atoms with Crippen LogP contribution in [0.25, 0.3) is 0 Å². The Balaban J connectivity index is 2.04. The maximum Gasteiger partial charge on any atom is 0.264 e. The van der Waals surface area contributed by atoms with Gasteiger partial charge in [-0.1, -0.05) is 12.1 Å². The van der Waals surface area contributed by atoms with E-state index in [1.165, 1.54) is 11.4 Å². The van der Waals surface area contributed by atoms with Crippen LogP contribution in [-0.2, 0) is 10.0 Å². The topological polar surface area (TPSA) is 75.7 Å². The van der Waals surface area contributed by atoms with E-state index in [-0.39, 0.29) is 10.5 Å². The number of methoxy groups -OCH3 is 1. The predicted molar refractivity (Wildman–Crippen MR) is 133 cm³/mol. The first-order valence-electron chi connectivity index (χ1n) is 10.6. The van der Waals surface area contributed by atoms with Gasteiger partial charge >= 0.3 is 0 Å². The molecule has 0 aromatic heterocycles. The van der Waals surface area contributed by atoms with Gasteiger partial charge in [-0.25, -0.2) is 8.42 Å². The molecule has 3 rings (SSSR count). The monoisotopic (exact) mass is 466 g/mol. The van der Waals surface area contributed by atoms with Crippen LogP contribution < -0.4 is 14.4 Å². The zero-order valence-electron chi connectivity index (χ0n) is 20.1. The largest absolute Gasteiger partial charge is 0.497 e. The Morgan fingerprint density at radius 1 is 0.818 bits per heavy atom. The van der Waals surface area contributed by atoms with Crippen molar-refractivity contribution in [1.29, 1.82) is 0 Å². The van der Waals surface area contributed by atoms with Crippen molar-refractivity contribution in [2.24, 2.45) is 0 Å². The van der Waals surface area contributed by atoms with Crippen LogP contribution in [-0.4, -0.2) is 28.5 Å². The van der Waals surface area contributed by atoms with Crippen molar-refractivity contribution in [2.45, 2.75) is 39.5 Å². The van der Waals surface area contributed by atoms with E-state index in [1.807, 2.05) is 34.6 Å². The van der Waals surface area contributed by atoms with Gasteiger partial charge in [0.25, 0.3) is 15.9 Å². The first kappa shape index (κ1) is 24.3. The van der Waals surface area contributed by atoms with Gasteiger partial charge in [0.05, 0.1) is 23.3 Å². The van der Waals surface area contributed by atoms with Crippen molar-refractivity contribution in [2.75, 3.05) is 23.8 Å². The van der Waals surface area contributed by atoms with E-state index >= 15 is 0 Å². The lowest BCUT2D eigenvalue weighted by molar-refractivity contribution is 0.102. The standard InChI is InChI=1S/C26H30N2O4S/c1-16-17(2)19(4)25(20(5)18(16)3)33(30,31)28(6)24-11-9-8-10-23(24)26(29)27-21-12-14-22(32-7)15-13-21/h8-15H,1-7H3,(H,27,29). The number of sulfonamides is 1. The summed E-state index contributed by atoms with van der Waals surface area (Å²) in [6, 6.07) is 13.6. The number of para-hydroxylation sites is 1. The van der Waals surface area contributed by atoms with E-state index in [0.29, 0.717) is 17.1 Å². The van der Waals surface area contributed by atoms with Crippen molar-refractivity contribution in [1.82, 2.24) is 0 Å². The van der Waals surface area contributed by atoms with Crippen molar-refractivity contribution in [3.8, 4) is 5.75 Å². The third-order valence-electron chi connectivity index (χ3n) is 6.39. The summed E-state index contributed by atoms with van der Waals surface area (Å²) in [6.07, 6.45) is 0. The molecule has 33 heavy (non-hydrogen) atoms. The van der Waals surface area contributed by atoms with Crippen LogP contribution in [0.1, 0.15) is 38.2 Å². The smallest absolute Gasteiger partial charge is 0.264 e. The van der Waals surface area contributed by atoms with E-state index in [2.05, 4.69) is 5.32 Å². The van der Waals surface area contributed by atoms with Crippen LogP contribution >= 0.6 is 0 Å². The SMILES string of the molecule is COc1ccc(NC(=O)c2ccccc2N(C)S(=O)(=O)c2c(C)c(C)c(C)c(C)c2C)cc1. The second kappa shape index (κ2) is 9.27. The van der Waals surface area contributed by atoms with Crippen LogP contribution in [0, 0.1) is 34.6 Å². The highest BCUT2D eigenvalue weighted by molar-refractivity contribution is 7.93. The molecule has 0 fully saturated rings. The molecule has 0 aliphatic carbocycles. The van der Waals surface area contributed by atoms with Gasteiger partial charge in [-0.3, -0.25) is 9.10 Å². The molecule has 7 heteroatoms. The summed E-state index contributed by atoms with van der Waals surface area (Å²) in [4.78, 5) is 13.4. The molecule has 0 saturated carbocycles. The molecule has 0 heterocycles. The third kappa shape index (κ3) is 4.46. The molecular formula is C26H30N2O4S. The number of amides is 1. The zero-order valence-corrected chi connectivity index (χ0v) is 20.9. The number of nitrogens with zero attached hydrogens (tertiary/aromatic N) is 1. The number of anilines is 2. The Kier molecular flexibility index (Phi) is 6.84. The molecule has 6 nitrogen and oxygen atoms in total. The number of rotatable bonds is 6. The maximum absolute atomic E-state index is 13.8. The second-order valence-electron chi connectivity index (χ2n) is 8.13. The van der Waals surface area contributed by atoms with Crippen LogP contribution in [0.3, 0.4) is 0 Å². The number of ether oxygens (including phenoxy) is 1. The molecule has 0 spiro atoms. The molecular weight excluding hydrogens is 436 g/mol. The fraction of sp³-hybridized carbons (Fsp3) is 0.269. The van der Waals surface area contributed by atoms with Crippen LogP contribution in [0.5, 0.6) is 5.75 Å². The Bertz CT molecular complexity index is 1280. The molecule has 3 aromatic carbocycles. The predicted octanol–water partition coefficient (Wildman–Crippen LogP) is 5.31. The summed E-state index contributed by atoms with van der Waals surface area (Å²) in [5.74, 6) is 0.274. The van der Waals surface area contributed by atoms with Crippen molar-refractivity contribution >= 4 is 27.3 Å². The molecule has 0 unspecified atom stereocenters. The summed E-state index contributed by atoms with van der Waals surface area (Å²) >= 11 is 0. The van der Waals surface area contributed by atoms with E-state index in [4.69, 9.17) is 4.74 Å². The van der Waals surface area contributed by atoms with Gasteiger partial charge < -0.3 is 10.1 Å². The maximum atomic E-state index is 13.8. The van der Waals surface area contributed by atoms with Crippen molar-refractivity contribution in [3.05, 3.63) is 81.9 Å². The molecule has 0 saturated heterocycles. The Labute approximate surface area is 196 Å². The number of nitrogens with one attached hydrogen (secondary N) is 1. The summed E-state index contributed by atoms with van der Waals surface area (Å²) < 4.78 is 33.9. The van der Waals surface area contributed by atoms with E-state index in [1.54, 1.807) is 55.6 Å². The second-order valence-corrected chi connectivity index (χ2v) is 10.0. The number of hydrogen-bond donors (Lipinski definition) is 1. The summed E-state index contributed by atoms with van der Waals surface area (Å²) in [5.41, 5.74) is 5.59. The molecule has 0 aliphatic rings. The highest BCUT2D eigenvalue weighted by Crippen LogP contribution is 2.34. The van der Waals surface area contributed by atoms with E-state index in [0.717, 1.165) is 27.8 Å². The lowest BCUT2D eigenvalue weighted by Crippen LogP contribution is -2.30. The fourth-order valence-electron chi connectivity index (χ4n) is 3.93. The number of carbonyl (C=O) groups is 1. The molecule has 0 bridgehead atoms. The van der Waals surface area contributed by atoms with Gasteiger partial charge in [0.1, 0.15) is 5.75 Å². The Morgan fingerprint density at radius 2 is 1.33 bits per heavy atom. The first-order valence-corrected chi connectivity index (χ1v) is 12.0. The zero-order chi connectivity index (χ0) is 24.5. The third-order valence-corrected chi connectivity index (χ3v) is 8.43. The van der Waals surface area contributed by atoms with Gasteiger partial charge in [-0.05, 0) is 98.8 Å². The van der Waals surface area contributed by atoms with Gasteiger partial charge in [0.15, 0.2) is 0 Å². The van der Waals surface area contributed by atoms with E-state index < -0.39 is 15.9 Å². The minimum Gasteiger partial charge on any atom is -0.497 e. The Morgan fingerprint density at radius 3 is 1.88 bits per heavy atom. The molecule has 174 valence electrons. The summed E-state index contributed by atoms with van der Waals surface area (Å²) in [7, 11) is -0.862. The minimum absolute atomic E-state index is 0.259. The quantitative estimate of drug-likeness (QED) is 0.534. The van der Waals surface area contributed by atoms with Crippen LogP contribution in [0.4, 0.5) is 11.4 Å². The molecule has 1 amide bonds. The summed E-state index contributed by atoms with van der Waals surface area (Å²) in [5, 5.41) is 2.83. The lowest BCUT2D eigenvalue weighted by Gasteiger charge is -2.26. The number of carbonyl (C=O) groups excluding carboxylic acids is 1. The van der Waals surface area contributed by atoms with Crippen LogP contribution in [0.2, 0.25) is 0 Å².